The minimum Gasteiger partial charge on any atom is -0.462 e. The molecule has 0 aromatic heterocycles. The third-order valence-electron chi connectivity index (χ3n) is 12.3. The van der Waals surface area contributed by atoms with E-state index in [9.17, 15) is 60.7 Å². The van der Waals surface area contributed by atoms with Crippen LogP contribution in [0.2, 0.25) is 0 Å². The van der Waals surface area contributed by atoms with Crippen molar-refractivity contribution in [2.24, 2.45) is 17.6 Å². The molecule has 3 rings (SSSR count). The summed E-state index contributed by atoms with van der Waals surface area (Å²) in [6.07, 6.45) is 5.17. The Bertz CT molecular complexity index is 1710. The molecular formula is C48H77N3O16. The first-order valence-electron chi connectivity index (χ1n) is 23.1. The van der Waals surface area contributed by atoms with E-state index in [0.717, 1.165) is 0 Å². The van der Waals surface area contributed by atoms with Gasteiger partial charge in [-0.2, -0.15) is 0 Å². The second-order valence-electron chi connectivity index (χ2n) is 18.0. The standard InChI is InChI=1S/C48H77N3O16/c1-28-18-16-14-12-10-8-6-7-9-11-13-15-17-19-35(66-46-45(61)41(49)44(60)31(4)65-46)25-39-42(51-47(62)50-5)38(57)27-48(63,67-39)26-34(54)23-37(56)36(55)21-20-32(52)22-33(53)24-40(58)64-30(3)29(2)43(28)59/h6-19,28-39,41-46,52-57,59-61,63H,20-27,49H2,1-5H3,(H2,50,51,62)/b7-6+,10-8+,11-9+,14-12+,15-13+,18-16+,19-17+/t28-,29-,30-,31+,32+,33+,34-,35?,36+,37+,38-,39-,41-,42?,43+,44+,45-,46?,48+/m0/s1. The van der Waals surface area contributed by atoms with E-state index in [1.165, 1.54) is 7.05 Å². The van der Waals surface area contributed by atoms with Crippen LogP contribution in [0.1, 0.15) is 79.1 Å². The number of esters is 1. The molecule has 19 heteroatoms. The maximum atomic E-state index is 12.6. The lowest BCUT2D eigenvalue weighted by Gasteiger charge is -2.46. The third-order valence-corrected chi connectivity index (χ3v) is 12.3. The Morgan fingerprint density at radius 3 is 1.87 bits per heavy atom. The zero-order valence-corrected chi connectivity index (χ0v) is 39.1. The van der Waals surface area contributed by atoms with E-state index >= 15 is 0 Å². The van der Waals surface area contributed by atoms with Crippen molar-refractivity contribution in [3.63, 3.8) is 0 Å². The smallest absolute Gasteiger partial charge is 0.314 e. The molecule has 0 spiro atoms. The van der Waals surface area contributed by atoms with Crippen molar-refractivity contribution >= 4 is 12.0 Å². The van der Waals surface area contributed by atoms with Gasteiger partial charge in [-0.25, -0.2) is 4.79 Å². The zero-order chi connectivity index (χ0) is 49.8. The number of fused-ring (bicyclic) bond motifs is 2. The van der Waals surface area contributed by atoms with Gasteiger partial charge in [0.2, 0.25) is 0 Å². The molecule has 3 aliphatic rings. The number of allylic oxidation sites excluding steroid dienone is 12. The fraction of sp³-hybridized carbons (Fsp3) is 0.667. The molecule has 380 valence electrons. The van der Waals surface area contributed by atoms with Gasteiger partial charge in [-0.05, 0) is 33.1 Å². The summed E-state index contributed by atoms with van der Waals surface area (Å²) in [6.45, 7) is 6.79. The third kappa shape index (κ3) is 19.7. The van der Waals surface area contributed by atoms with E-state index in [1.54, 1.807) is 69.4 Å². The summed E-state index contributed by atoms with van der Waals surface area (Å²) in [7, 11) is 1.37. The summed E-state index contributed by atoms with van der Waals surface area (Å²) in [5, 5.41) is 114. The number of carbonyl (C=O) groups is 2. The Morgan fingerprint density at radius 2 is 1.27 bits per heavy atom. The summed E-state index contributed by atoms with van der Waals surface area (Å²) < 4.78 is 23.6. The molecular weight excluding hydrogens is 875 g/mol. The average Bonchev–Trinajstić information content (AvgIpc) is 3.26. The highest BCUT2D eigenvalue weighted by molar-refractivity contribution is 5.74. The van der Waals surface area contributed by atoms with Gasteiger partial charge in [0.25, 0.3) is 0 Å². The average molecular weight is 952 g/mol. The molecule has 0 aromatic rings. The first kappa shape index (κ1) is 57.7. The van der Waals surface area contributed by atoms with Crippen LogP contribution in [-0.4, -0.2) is 174 Å². The van der Waals surface area contributed by atoms with Crippen molar-refractivity contribution in [1.29, 1.82) is 0 Å². The number of cyclic esters (lactones) is 1. The first-order chi connectivity index (χ1) is 31.6. The van der Waals surface area contributed by atoms with Gasteiger partial charge in [-0.15, -0.1) is 0 Å². The van der Waals surface area contributed by atoms with Crippen molar-refractivity contribution in [3.8, 4) is 0 Å². The van der Waals surface area contributed by atoms with Crippen LogP contribution in [-0.2, 0) is 23.7 Å². The molecule has 2 fully saturated rings. The molecule has 3 unspecified atom stereocenters. The number of hydrogen-bond acceptors (Lipinski definition) is 17. The van der Waals surface area contributed by atoms with Gasteiger partial charge < -0.3 is 86.4 Å². The summed E-state index contributed by atoms with van der Waals surface area (Å²) in [5.74, 6) is -3.68. The Balaban J connectivity index is 1.89. The van der Waals surface area contributed by atoms with E-state index in [1.807, 2.05) is 43.4 Å². The Morgan fingerprint density at radius 1 is 0.687 bits per heavy atom. The summed E-state index contributed by atoms with van der Waals surface area (Å²) in [5.41, 5.74) is 6.07. The second kappa shape index (κ2) is 28.8. The molecule has 2 saturated heterocycles. The number of nitrogens with one attached hydrogen (secondary N) is 2. The van der Waals surface area contributed by atoms with Crippen molar-refractivity contribution in [1.82, 2.24) is 10.6 Å². The summed E-state index contributed by atoms with van der Waals surface area (Å²) in [4.78, 5) is 25.2. The SMILES string of the molecule is CNC(=O)NC1[C@@H]2CC(OC3O[C@H](C)[C@@H](O)[C@H](N)[C@@H]3O)/C=C/C=C/C=C/C=C/C=C/C=C/C=C/[C@H](C)[C@@H](O)[C@@H](C)[C@H](C)OC(=O)C[C@H](O)C[C@H](O)CC[C@@H](O)[C@H](O)C[C@H](O)C[C@](O)(C[C@@H]1O)O2. The van der Waals surface area contributed by atoms with Crippen LogP contribution < -0.4 is 16.4 Å². The van der Waals surface area contributed by atoms with E-state index in [0.29, 0.717) is 0 Å². The molecule has 19 atom stereocenters. The van der Waals surface area contributed by atoms with Crippen LogP contribution in [0.3, 0.4) is 0 Å². The predicted octanol–water partition coefficient (Wildman–Crippen LogP) is 0.309. The highest BCUT2D eigenvalue weighted by Crippen LogP contribution is 2.35. The monoisotopic (exact) mass is 952 g/mol. The number of hydrogen-bond donors (Lipinski definition) is 13. The predicted molar refractivity (Wildman–Crippen MR) is 247 cm³/mol. The molecule has 2 amide bonds. The number of ether oxygens (including phenoxy) is 4. The largest absolute Gasteiger partial charge is 0.462 e. The molecule has 3 aliphatic heterocycles. The van der Waals surface area contributed by atoms with Crippen molar-refractivity contribution in [2.45, 2.75) is 183 Å². The topological polar surface area (TPSA) is 323 Å². The number of aliphatic hydroxyl groups is 10. The van der Waals surface area contributed by atoms with Crippen LogP contribution in [0.4, 0.5) is 4.79 Å². The lowest BCUT2D eigenvalue weighted by molar-refractivity contribution is -0.303. The van der Waals surface area contributed by atoms with E-state index < -0.39 is 147 Å². The van der Waals surface area contributed by atoms with Crippen LogP contribution in [0.25, 0.3) is 0 Å². The van der Waals surface area contributed by atoms with Crippen LogP contribution in [0.5, 0.6) is 0 Å². The van der Waals surface area contributed by atoms with Crippen molar-refractivity contribution < 1.29 is 79.6 Å². The van der Waals surface area contributed by atoms with Crippen LogP contribution >= 0.6 is 0 Å². The normalized spacial score (nSPS) is 44.4. The van der Waals surface area contributed by atoms with Gasteiger partial charge in [0, 0.05) is 44.6 Å². The molecule has 0 saturated carbocycles. The fourth-order valence-corrected chi connectivity index (χ4v) is 8.06. The number of rotatable bonds is 3. The van der Waals surface area contributed by atoms with Crippen LogP contribution in [0.15, 0.2) is 85.1 Å². The lowest BCUT2D eigenvalue weighted by atomic mass is 9.87. The Kier molecular flexibility index (Phi) is 24.8. The minimum absolute atomic E-state index is 0.0901. The van der Waals surface area contributed by atoms with E-state index in [4.69, 9.17) is 24.7 Å². The molecule has 0 aromatic carbocycles. The van der Waals surface area contributed by atoms with Gasteiger partial charge >= 0.3 is 12.0 Å². The second-order valence-corrected chi connectivity index (χ2v) is 18.0. The van der Waals surface area contributed by atoms with Gasteiger partial charge in [0.1, 0.15) is 12.2 Å². The first-order valence-corrected chi connectivity index (χ1v) is 23.1. The molecule has 3 heterocycles. The molecule has 2 bridgehead atoms. The van der Waals surface area contributed by atoms with Crippen molar-refractivity contribution in [2.75, 3.05) is 7.05 Å². The number of carbonyl (C=O) groups excluding carboxylic acids is 2. The Labute approximate surface area is 393 Å². The fourth-order valence-electron chi connectivity index (χ4n) is 8.06. The Hall–Kier alpha value is -3.64. The minimum atomic E-state index is -2.23. The van der Waals surface area contributed by atoms with Gasteiger partial charge in [-0.3, -0.25) is 4.79 Å². The van der Waals surface area contributed by atoms with Gasteiger partial charge in [0.15, 0.2) is 12.1 Å². The van der Waals surface area contributed by atoms with E-state index in [-0.39, 0.29) is 31.6 Å². The number of aliphatic hydroxyl groups excluding tert-OH is 9. The quantitative estimate of drug-likeness (QED) is 0.169. The molecule has 19 nitrogen and oxygen atoms in total. The van der Waals surface area contributed by atoms with Gasteiger partial charge in [0.05, 0.1) is 85.6 Å². The molecule has 67 heavy (non-hydrogen) atoms. The van der Waals surface area contributed by atoms with Crippen LogP contribution in [0, 0.1) is 11.8 Å². The summed E-state index contributed by atoms with van der Waals surface area (Å²) >= 11 is 0. The summed E-state index contributed by atoms with van der Waals surface area (Å²) in [6, 6.07) is -2.93. The number of urea groups is 1. The highest BCUT2D eigenvalue weighted by Gasteiger charge is 2.49. The maximum absolute atomic E-state index is 12.6. The molecule has 0 aliphatic carbocycles. The lowest BCUT2D eigenvalue weighted by Crippen LogP contribution is -2.63. The molecule has 14 N–H and O–H groups in total. The van der Waals surface area contributed by atoms with Crippen molar-refractivity contribution in [3.05, 3.63) is 85.1 Å². The van der Waals surface area contributed by atoms with Gasteiger partial charge in [-0.1, -0.05) is 98.9 Å². The number of amides is 2. The highest BCUT2D eigenvalue weighted by atomic mass is 16.7. The maximum Gasteiger partial charge on any atom is 0.314 e. The molecule has 0 radical (unpaired) electrons. The number of nitrogens with two attached hydrogens (primary N) is 1. The zero-order valence-electron chi connectivity index (χ0n) is 39.1. The van der Waals surface area contributed by atoms with E-state index in [2.05, 4.69) is 10.6 Å².